The lowest BCUT2D eigenvalue weighted by Crippen LogP contribution is -2.42. The molecule has 0 radical (unpaired) electrons. The monoisotopic (exact) mass is 264 g/mol. The van der Waals surface area contributed by atoms with Gasteiger partial charge in [0, 0.05) is 12.3 Å². The van der Waals surface area contributed by atoms with Gasteiger partial charge in [0.25, 0.3) is 0 Å². The molecule has 2 saturated carbocycles. The Labute approximate surface area is 119 Å². The van der Waals surface area contributed by atoms with E-state index < -0.39 is 0 Å². The second-order valence-electron chi connectivity index (χ2n) is 8.19. The van der Waals surface area contributed by atoms with Crippen LogP contribution in [0.5, 0.6) is 0 Å². The van der Waals surface area contributed by atoms with Crippen molar-refractivity contribution in [2.75, 3.05) is 0 Å². The maximum atomic E-state index is 12.4. The van der Waals surface area contributed by atoms with Crippen molar-refractivity contribution in [1.29, 1.82) is 0 Å². The molecule has 0 heterocycles. The van der Waals surface area contributed by atoms with Crippen LogP contribution in [0.25, 0.3) is 0 Å². The third kappa shape index (κ3) is 3.06. The molecule has 2 fully saturated rings. The molecule has 0 aromatic carbocycles. The maximum Gasteiger partial charge on any atom is 0.136 e. The summed E-state index contributed by atoms with van der Waals surface area (Å²) < 4.78 is 0. The third-order valence-electron chi connectivity index (χ3n) is 6.43. The minimum absolute atomic E-state index is 0.214. The van der Waals surface area contributed by atoms with E-state index in [1.165, 1.54) is 25.7 Å². The van der Waals surface area contributed by atoms with Gasteiger partial charge in [0.2, 0.25) is 0 Å². The Morgan fingerprint density at radius 1 is 0.947 bits per heavy atom. The summed E-state index contributed by atoms with van der Waals surface area (Å²) in [4.78, 5) is 12.4. The summed E-state index contributed by atoms with van der Waals surface area (Å²) in [6, 6.07) is 0. The quantitative estimate of drug-likeness (QED) is 0.679. The predicted molar refractivity (Wildman–Crippen MR) is 81.0 cm³/mol. The number of carbonyl (C=O) groups is 1. The number of Topliss-reactive ketones (excluding diaryl/α,β-unsaturated/α-hetero) is 1. The highest BCUT2D eigenvalue weighted by molar-refractivity contribution is 5.82. The first-order chi connectivity index (χ1) is 8.82. The van der Waals surface area contributed by atoms with Gasteiger partial charge in [0.1, 0.15) is 5.78 Å². The van der Waals surface area contributed by atoms with Crippen LogP contribution in [0.1, 0.15) is 73.1 Å². The van der Waals surface area contributed by atoms with Crippen LogP contribution in [0.3, 0.4) is 0 Å². The fourth-order valence-electron chi connectivity index (χ4n) is 4.49. The molecule has 0 aliphatic heterocycles. The summed E-state index contributed by atoms with van der Waals surface area (Å²) in [6.07, 6.45) is 7.22. The van der Waals surface area contributed by atoms with Crippen LogP contribution in [0, 0.1) is 35.0 Å². The minimum Gasteiger partial charge on any atom is -0.299 e. The summed E-state index contributed by atoms with van der Waals surface area (Å²) in [5, 5.41) is 0. The van der Waals surface area contributed by atoms with Crippen LogP contribution in [0.4, 0.5) is 0 Å². The second kappa shape index (κ2) is 5.58. The highest BCUT2D eigenvalue weighted by Crippen LogP contribution is 2.49. The molecule has 0 N–H and O–H groups in total. The molecule has 2 aliphatic rings. The summed E-state index contributed by atoms with van der Waals surface area (Å²) in [6.45, 7) is 11.8. The highest BCUT2D eigenvalue weighted by Gasteiger charge is 2.44. The van der Waals surface area contributed by atoms with Gasteiger partial charge in [-0.3, -0.25) is 4.79 Å². The maximum absolute atomic E-state index is 12.4. The Bertz CT molecular complexity index is 331. The topological polar surface area (TPSA) is 17.1 Å². The number of hydrogen-bond donors (Lipinski definition) is 0. The van der Waals surface area contributed by atoms with E-state index in [0.717, 1.165) is 30.6 Å². The Kier molecular flexibility index (Phi) is 4.42. The van der Waals surface area contributed by atoms with E-state index in [-0.39, 0.29) is 5.41 Å². The summed E-state index contributed by atoms with van der Waals surface area (Å²) >= 11 is 0. The molecule has 0 saturated heterocycles. The van der Waals surface area contributed by atoms with E-state index in [1.54, 1.807) is 0 Å². The zero-order valence-electron chi connectivity index (χ0n) is 13.5. The minimum atomic E-state index is 0.214. The van der Waals surface area contributed by atoms with Crippen molar-refractivity contribution in [1.82, 2.24) is 0 Å². The van der Waals surface area contributed by atoms with Crippen molar-refractivity contribution in [2.45, 2.75) is 73.1 Å². The molecular weight excluding hydrogens is 232 g/mol. The van der Waals surface area contributed by atoms with E-state index in [4.69, 9.17) is 0 Å². The van der Waals surface area contributed by atoms with Crippen molar-refractivity contribution in [2.24, 2.45) is 35.0 Å². The number of ketones is 1. The van der Waals surface area contributed by atoms with E-state index in [2.05, 4.69) is 34.6 Å². The highest BCUT2D eigenvalue weighted by atomic mass is 16.1. The summed E-state index contributed by atoms with van der Waals surface area (Å²) in [5.41, 5.74) is 0.214. The standard InChI is InChI=1S/C18H32O/c1-12-6-9-16(17(19)10-12)18(4,5)15-8-7-13(2)14(3)11-15/h12-16H,6-11H2,1-5H3. The Balaban J connectivity index is 2.07. The van der Waals surface area contributed by atoms with E-state index in [9.17, 15) is 4.79 Å². The van der Waals surface area contributed by atoms with E-state index >= 15 is 0 Å². The lowest BCUT2D eigenvalue weighted by Gasteiger charge is -2.47. The molecule has 5 unspecified atom stereocenters. The van der Waals surface area contributed by atoms with Crippen LogP contribution in [-0.4, -0.2) is 5.78 Å². The van der Waals surface area contributed by atoms with Crippen molar-refractivity contribution in [3.05, 3.63) is 0 Å². The lowest BCUT2D eigenvalue weighted by atomic mass is 9.57. The zero-order chi connectivity index (χ0) is 14.2. The van der Waals surface area contributed by atoms with Crippen LogP contribution in [0.15, 0.2) is 0 Å². The van der Waals surface area contributed by atoms with Crippen molar-refractivity contribution < 1.29 is 4.79 Å². The predicted octanol–water partition coefficient (Wildman–Crippen LogP) is 5.09. The molecule has 2 aliphatic carbocycles. The van der Waals surface area contributed by atoms with Crippen molar-refractivity contribution >= 4 is 5.78 Å². The summed E-state index contributed by atoms with van der Waals surface area (Å²) in [7, 11) is 0. The Morgan fingerprint density at radius 3 is 2.21 bits per heavy atom. The second-order valence-corrected chi connectivity index (χ2v) is 8.19. The van der Waals surface area contributed by atoms with Gasteiger partial charge in [-0.25, -0.2) is 0 Å². The smallest absolute Gasteiger partial charge is 0.136 e. The average molecular weight is 264 g/mol. The lowest BCUT2D eigenvalue weighted by molar-refractivity contribution is -0.132. The normalized spacial score (nSPS) is 41.3. The molecule has 19 heavy (non-hydrogen) atoms. The van der Waals surface area contributed by atoms with Crippen LogP contribution in [-0.2, 0) is 4.79 Å². The first-order valence-electron chi connectivity index (χ1n) is 8.35. The molecule has 5 atom stereocenters. The molecule has 1 nitrogen and oxygen atoms in total. The van der Waals surface area contributed by atoms with E-state index in [0.29, 0.717) is 17.6 Å². The molecule has 0 bridgehead atoms. The van der Waals surface area contributed by atoms with Gasteiger partial charge >= 0.3 is 0 Å². The molecular formula is C18H32O. The van der Waals surface area contributed by atoms with Gasteiger partial charge in [-0.05, 0) is 54.8 Å². The third-order valence-corrected chi connectivity index (χ3v) is 6.43. The van der Waals surface area contributed by atoms with Crippen LogP contribution < -0.4 is 0 Å². The fourth-order valence-corrected chi connectivity index (χ4v) is 4.49. The molecule has 110 valence electrons. The molecule has 1 heteroatoms. The van der Waals surface area contributed by atoms with Gasteiger partial charge in [-0.1, -0.05) is 41.0 Å². The first kappa shape index (κ1) is 15.1. The molecule has 2 rings (SSSR count). The van der Waals surface area contributed by atoms with E-state index in [1.807, 2.05) is 0 Å². The van der Waals surface area contributed by atoms with Gasteiger partial charge in [0.15, 0.2) is 0 Å². The first-order valence-corrected chi connectivity index (χ1v) is 8.35. The largest absolute Gasteiger partial charge is 0.299 e. The fraction of sp³-hybridized carbons (Fsp3) is 0.944. The van der Waals surface area contributed by atoms with Crippen LogP contribution in [0.2, 0.25) is 0 Å². The molecule has 0 aromatic heterocycles. The number of hydrogen-bond acceptors (Lipinski definition) is 1. The Hall–Kier alpha value is -0.330. The number of rotatable bonds is 2. The van der Waals surface area contributed by atoms with Crippen molar-refractivity contribution in [3.63, 3.8) is 0 Å². The zero-order valence-corrected chi connectivity index (χ0v) is 13.5. The molecule has 0 amide bonds. The van der Waals surface area contributed by atoms with Gasteiger partial charge < -0.3 is 0 Å². The number of carbonyl (C=O) groups excluding carboxylic acids is 1. The van der Waals surface area contributed by atoms with Gasteiger partial charge in [-0.2, -0.15) is 0 Å². The van der Waals surface area contributed by atoms with Gasteiger partial charge in [-0.15, -0.1) is 0 Å². The SMILES string of the molecule is CC1CCC(C(C)(C)C2CCC(C)C(C)C2)C(=O)C1. The summed E-state index contributed by atoms with van der Waals surface area (Å²) in [5.74, 6) is 3.94. The molecule has 0 spiro atoms. The molecule has 0 aromatic rings. The van der Waals surface area contributed by atoms with Crippen molar-refractivity contribution in [3.8, 4) is 0 Å². The Morgan fingerprint density at radius 2 is 1.63 bits per heavy atom. The van der Waals surface area contributed by atoms with Gasteiger partial charge in [0.05, 0.1) is 0 Å². The van der Waals surface area contributed by atoms with Crippen LogP contribution >= 0.6 is 0 Å². The average Bonchev–Trinajstić information content (AvgIpc) is 2.32.